The summed E-state index contributed by atoms with van der Waals surface area (Å²) >= 11 is 0. The van der Waals surface area contributed by atoms with Gasteiger partial charge in [0.15, 0.2) is 24.4 Å². The summed E-state index contributed by atoms with van der Waals surface area (Å²) in [4.78, 5) is 72.2. The molecule has 0 saturated carbocycles. The molecule has 0 N–H and O–H groups in total. The molecule has 172 valence electrons. The molecular weight excluding hydrogens is 422 g/mol. The van der Waals surface area contributed by atoms with E-state index < -0.39 is 73.2 Å². The van der Waals surface area contributed by atoms with E-state index in [1.807, 2.05) is 0 Å². The SMILES string of the molecule is CC(=O)OC[C@@H](OC(C)=O)[C@@H]1O[C@H](OC(C)=O)[C@@H](N=C=O)[C@H](OC(C)=O)[C@H]1OC(C)=O. The van der Waals surface area contributed by atoms with Gasteiger partial charge in [0.25, 0.3) is 0 Å². The molecule has 0 amide bonds. The molecule has 0 aliphatic carbocycles. The van der Waals surface area contributed by atoms with Gasteiger partial charge in [0.1, 0.15) is 12.7 Å². The molecule has 0 aromatic rings. The Kier molecular flexibility index (Phi) is 9.77. The minimum Gasteiger partial charge on any atom is -0.462 e. The van der Waals surface area contributed by atoms with Crippen LogP contribution in [0.2, 0.25) is 0 Å². The quantitative estimate of drug-likeness (QED) is 0.200. The molecule has 0 aromatic carbocycles. The Balaban J connectivity index is 3.51. The minimum atomic E-state index is -1.62. The van der Waals surface area contributed by atoms with Gasteiger partial charge < -0.3 is 28.4 Å². The average molecular weight is 445 g/mol. The number of nitrogens with zero attached hydrogens (tertiary/aromatic N) is 1. The van der Waals surface area contributed by atoms with E-state index >= 15 is 0 Å². The molecule has 0 radical (unpaired) electrons. The highest BCUT2D eigenvalue weighted by Gasteiger charge is 2.55. The van der Waals surface area contributed by atoms with Crippen LogP contribution in [0.25, 0.3) is 0 Å². The molecular formula is C18H23NO12. The van der Waals surface area contributed by atoms with Gasteiger partial charge in [-0.15, -0.1) is 0 Å². The van der Waals surface area contributed by atoms with Crippen LogP contribution in [-0.2, 0) is 57.2 Å². The predicted molar refractivity (Wildman–Crippen MR) is 95.6 cm³/mol. The second-order valence-corrected chi connectivity index (χ2v) is 6.39. The summed E-state index contributed by atoms with van der Waals surface area (Å²) in [6, 6.07) is -1.46. The Morgan fingerprint density at radius 1 is 0.839 bits per heavy atom. The topological polar surface area (TPSA) is 170 Å². The van der Waals surface area contributed by atoms with Crippen LogP contribution in [0.15, 0.2) is 4.99 Å². The average Bonchev–Trinajstić information content (AvgIpc) is 2.61. The number of carbonyl (C=O) groups is 5. The lowest BCUT2D eigenvalue weighted by Crippen LogP contribution is -2.64. The van der Waals surface area contributed by atoms with Crippen LogP contribution in [0.1, 0.15) is 34.6 Å². The van der Waals surface area contributed by atoms with Crippen molar-refractivity contribution < 1.29 is 57.2 Å². The van der Waals surface area contributed by atoms with Gasteiger partial charge in [0.2, 0.25) is 12.4 Å². The first-order valence-corrected chi connectivity index (χ1v) is 9.00. The lowest BCUT2D eigenvalue weighted by molar-refractivity contribution is -0.279. The van der Waals surface area contributed by atoms with Crippen molar-refractivity contribution in [2.75, 3.05) is 6.61 Å². The molecule has 31 heavy (non-hydrogen) atoms. The molecule has 13 heteroatoms. The number of aliphatic imine (C=N–C) groups is 1. The largest absolute Gasteiger partial charge is 0.462 e. The number of hydrogen-bond acceptors (Lipinski definition) is 13. The summed E-state index contributed by atoms with van der Waals surface area (Å²) in [6.07, 6.45) is -6.17. The fourth-order valence-electron chi connectivity index (χ4n) is 2.87. The lowest BCUT2D eigenvalue weighted by atomic mass is 9.93. The smallest absolute Gasteiger partial charge is 0.305 e. The first-order chi connectivity index (χ1) is 14.5. The van der Waals surface area contributed by atoms with Gasteiger partial charge in [-0.05, 0) is 0 Å². The van der Waals surface area contributed by atoms with Crippen LogP contribution in [-0.4, -0.2) is 79.3 Å². The molecule has 0 spiro atoms. The van der Waals surface area contributed by atoms with Crippen LogP contribution >= 0.6 is 0 Å². The molecule has 1 aliphatic heterocycles. The van der Waals surface area contributed by atoms with Crippen molar-refractivity contribution in [2.24, 2.45) is 4.99 Å². The summed E-state index contributed by atoms with van der Waals surface area (Å²) in [7, 11) is 0. The molecule has 1 heterocycles. The summed E-state index contributed by atoms with van der Waals surface area (Å²) in [5.74, 6) is -4.05. The molecule has 1 rings (SSSR count). The van der Waals surface area contributed by atoms with Crippen molar-refractivity contribution >= 4 is 35.9 Å². The Bertz CT molecular complexity index is 759. The van der Waals surface area contributed by atoms with E-state index in [-0.39, 0.29) is 0 Å². The van der Waals surface area contributed by atoms with E-state index in [0.717, 1.165) is 34.6 Å². The van der Waals surface area contributed by atoms with Gasteiger partial charge in [-0.2, -0.15) is 4.99 Å². The number of rotatable bonds is 8. The Labute approximate surface area is 176 Å². The van der Waals surface area contributed by atoms with E-state index in [9.17, 15) is 28.8 Å². The standard InChI is InChI=1S/C18H23NO12/c1-8(21)26-6-13(27-9(2)22)15-17(29-11(4)24)16(28-10(3)23)14(19-7-20)18(31-15)30-12(5)25/h13-18H,6H2,1-5H3/t13-,14+,15+,16+,17+,18+/m1/s1. The molecule has 1 saturated heterocycles. The van der Waals surface area contributed by atoms with E-state index in [4.69, 9.17) is 28.4 Å². The van der Waals surface area contributed by atoms with Crippen molar-refractivity contribution in [3.8, 4) is 0 Å². The monoisotopic (exact) mass is 445 g/mol. The summed E-state index contributed by atoms with van der Waals surface area (Å²) < 4.78 is 31.1. The summed E-state index contributed by atoms with van der Waals surface area (Å²) in [6.45, 7) is 4.77. The van der Waals surface area contributed by atoms with Crippen LogP contribution in [0.4, 0.5) is 0 Å². The Morgan fingerprint density at radius 2 is 1.39 bits per heavy atom. The molecule has 0 unspecified atom stereocenters. The van der Waals surface area contributed by atoms with Gasteiger partial charge in [-0.1, -0.05) is 0 Å². The van der Waals surface area contributed by atoms with Gasteiger partial charge >= 0.3 is 29.8 Å². The fraction of sp³-hybridized carbons (Fsp3) is 0.667. The third-order valence-corrected chi connectivity index (χ3v) is 3.78. The van der Waals surface area contributed by atoms with Crippen LogP contribution in [0.3, 0.4) is 0 Å². The number of ether oxygens (including phenoxy) is 6. The maximum absolute atomic E-state index is 11.7. The van der Waals surface area contributed by atoms with Gasteiger partial charge in [0, 0.05) is 34.6 Å². The Morgan fingerprint density at radius 3 is 1.84 bits per heavy atom. The summed E-state index contributed by atoms with van der Waals surface area (Å²) in [5, 5.41) is 0. The normalized spacial score (nSPS) is 25.8. The van der Waals surface area contributed by atoms with E-state index in [1.54, 1.807) is 0 Å². The van der Waals surface area contributed by atoms with Crippen molar-refractivity contribution in [3.05, 3.63) is 0 Å². The van der Waals surface area contributed by atoms with Crippen molar-refractivity contribution in [3.63, 3.8) is 0 Å². The number of carbonyl (C=O) groups excluding carboxylic acids is 6. The number of isocyanates is 1. The summed E-state index contributed by atoms with van der Waals surface area (Å²) in [5.41, 5.74) is 0. The number of hydrogen-bond donors (Lipinski definition) is 0. The second kappa shape index (κ2) is 11.8. The zero-order valence-corrected chi connectivity index (χ0v) is 17.5. The molecule has 0 aromatic heterocycles. The van der Waals surface area contributed by atoms with E-state index in [0.29, 0.717) is 0 Å². The van der Waals surface area contributed by atoms with Gasteiger partial charge in [0.05, 0.1) is 0 Å². The third kappa shape index (κ3) is 8.15. The number of esters is 5. The maximum Gasteiger partial charge on any atom is 0.305 e. The van der Waals surface area contributed by atoms with Crippen molar-refractivity contribution in [2.45, 2.75) is 71.4 Å². The fourth-order valence-corrected chi connectivity index (χ4v) is 2.87. The first-order valence-electron chi connectivity index (χ1n) is 9.00. The molecule has 13 nitrogen and oxygen atoms in total. The molecule has 0 bridgehead atoms. The van der Waals surface area contributed by atoms with Crippen molar-refractivity contribution in [1.82, 2.24) is 0 Å². The highest BCUT2D eigenvalue weighted by molar-refractivity contribution is 5.69. The Hall–Kier alpha value is -3.31. The van der Waals surface area contributed by atoms with E-state index in [2.05, 4.69) is 4.99 Å². The zero-order chi connectivity index (χ0) is 23.7. The maximum atomic E-state index is 11.7. The lowest BCUT2D eigenvalue weighted by Gasteiger charge is -2.44. The predicted octanol–water partition coefficient (Wildman–Crippen LogP) is -0.663. The highest BCUT2D eigenvalue weighted by Crippen LogP contribution is 2.32. The molecule has 1 aliphatic rings. The highest BCUT2D eigenvalue weighted by atomic mass is 16.7. The van der Waals surface area contributed by atoms with Gasteiger partial charge in [-0.25, -0.2) is 4.79 Å². The third-order valence-electron chi connectivity index (χ3n) is 3.78. The van der Waals surface area contributed by atoms with Crippen molar-refractivity contribution in [1.29, 1.82) is 0 Å². The molecule has 6 atom stereocenters. The van der Waals surface area contributed by atoms with Crippen LogP contribution in [0, 0.1) is 0 Å². The van der Waals surface area contributed by atoms with E-state index in [1.165, 1.54) is 6.08 Å². The molecule has 1 fully saturated rings. The van der Waals surface area contributed by atoms with Crippen LogP contribution in [0.5, 0.6) is 0 Å². The second-order valence-electron chi connectivity index (χ2n) is 6.39. The first kappa shape index (κ1) is 25.7. The van der Waals surface area contributed by atoms with Crippen LogP contribution < -0.4 is 0 Å². The zero-order valence-electron chi connectivity index (χ0n) is 17.5. The minimum absolute atomic E-state index is 0.529. The van der Waals surface area contributed by atoms with Gasteiger partial charge in [-0.3, -0.25) is 24.0 Å².